The van der Waals surface area contributed by atoms with Gasteiger partial charge in [0.1, 0.15) is 0 Å². The minimum absolute atomic E-state index is 0.578. The summed E-state index contributed by atoms with van der Waals surface area (Å²) in [4.78, 5) is 0. The lowest BCUT2D eigenvalue weighted by Gasteiger charge is -2.05. The van der Waals surface area contributed by atoms with Crippen LogP contribution in [-0.2, 0) is 9.05 Å². The van der Waals surface area contributed by atoms with Crippen LogP contribution in [0.25, 0.3) is 0 Å². The Morgan fingerprint density at radius 3 is 2.29 bits per heavy atom. The smallest absolute Gasteiger partial charge is 0.166 e. The second-order valence-corrected chi connectivity index (χ2v) is 2.54. The predicted molar refractivity (Wildman–Crippen MR) is 31.5 cm³/mol. The summed E-state index contributed by atoms with van der Waals surface area (Å²) >= 11 is 0. The monoisotopic (exact) mass is 122 g/mol. The molecule has 0 radical (unpaired) electrons. The van der Waals surface area contributed by atoms with Gasteiger partial charge < -0.3 is 9.05 Å². The van der Waals surface area contributed by atoms with Gasteiger partial charge in [0.15, 0.2) is 8.38 Å². The SMILES string of the molecule is CCOP(C)OC. The standard InChI is InChI=1S/C4H11O2P/c1-4-6-7(3)5-2/h4H2,1-3H3. The number of rotatable bonds is 3. The van der Waals surface area contributed by atoms with Crippen LogP contribution in [0.5, 0.6) is 0 Å². The molecule has 0 amide bonds. The normalized spacial score (nSPS) is 14.1. The molecule has 0 aromatic rings. The van der Waals surface area contributed by atoms with Crippen LogP contribution in [0.2, 0.25) is 0 Å². The lowest BCUT2D eigenvalue weighted by molar-refractivity contribution is 0.303. The highest BCUT2D eigenvalue weighted by molar-refractivity contribution is 7.46. The van der Waals surface area contributed by atoms with Crippen LogP contribution in [0, 0.1) is 0 Å². The maximum atomic E-state index is 5.03. The van der Waals surface area contributed by atoms with Crippen molar-refractivity contribution in [3.05, 3.63) is 0 Å². The fourth-order valence-electron chi connectivity index (χ4n) is 0.235. The largest absolute Gasteiger partial charge is 0.338 e. The second-order valence-electron chi connectivity index (χ2n) is 1.04. The Bertz CT molecular complexity index is 40.7. The highest BCUT2D eigenvalue weighted by atomic mass is 31.2. The van der Waals surface area contributed by atoms with Crippen molar-refractivity contribution in [3.8, 4) is 0 Å². The summed E-state index contributed by atoms with van der Waals surface area (Å²) < 4.78 is 9.87. The third kappa shape index (κ3) is 4.20. The van der Waals surface area contributed by atoms with Gasteiger partial charge in [-0.2, -0.15) is 0 Å². The molecule has 44 valence electrons. The van der Waals surface area contributed by atoms with E-state index in [1.807, 2.05) is 13.6 Å². The predicted octanol–water partition coefficient (Wildman–Crippen LogP) is 1.61. The van der Waals surface area contributed by atoms with Gasteiger partial charge in [0, 0.05) is 13.8 Å². The fraction of sp³-hybridized carbons (Fsp3) is 1.00. The molecule has 0 aromatic carbocycles. The average Bonchev–Trinajstić information content (AvgIpc) is 1.68. The molecule has 1 unspecified atom stereocenters. The van der Waals surface area contributed by atoms with E-state index in [4.69, 9.17) is 9.05 Å². The second kappa shape index (κ2) is 4.51. The van der Waals surface area contributed by atoms with E-state index in [1.165, 1.54) is 0 Å². The van der Waals surface area contributed by atoms with E-state index in [2.05, 4.69) is 0 Å². The lowest BCUT2D eigenvalue weighted by atomic mass is 10.9. The van der Waals surface area contributed by atoms with E-state index < -0.39 is 8.38 Å². The van der Waals surface area contributed by atoms with Crippen LogP contribution >= 0.6 is 8.38 Å². The maximum Gasteiger partial charge on any atom is 0.166 e. The molecular formula is C4H11O2P. The molecule has 0 spiro atoms. The third-order valence-corrected chi connectivity index (χ3v) is 1.70. The Morgan fingerprint density at radius 2 is 2.14 bits per heavy atom. The summed E-state index contributed by atoms with van der Waals surface area (Å²) in [5, 5.41) is 0. The molecule has 2 nitrogen and oxygen atoms in total. The zero-order valence-electron chi connectivity index (χ0n) is 4.97. The highest BCUT2D eigenvalue weighted by Gasteiger charge is 1.93. The average molecular weight is 122 g/mol. The molecule has 0 bridgehead atoms. The first-order valence-corrected chi connectivity index (χ1v) is 3.84. The van der Waals surface area contributed by atoms with E-state index in [0.717, 1.165) is 6.61 Å². The molecule has 1 atom stereocenters. The Balaban J connectivity index is 2.83. The highest BCUT2D eigenvalue weighted by Crippen LogP contribution is 2.30. The third-order valence-electron chi connectivity index (χ3n) is 0.568. The van der Waals surface area contributed by atoms with Crippen LogP contribution in [0.1, 0.15) is 6.92 Å². The van der Waals surface area contributed by atoms with Gasteiger partial charge in [-0.1, -0.05) is 0 Å². The van der Waals surface area contributed by atoms with Crippen molar-refractivity contribution in [3.63, 3.8) is 0 Å². The van der Waals surface area contributed by atoms with Crippen molar-refractivity contribution in [2.75, 3.05) is 20.4 Å². The zero-order valence-corrected chi connectivity index (χ0v) is 5.87. The zero-order chi connectivity index (χ0) is 5.70. The molecule has 0 heterocycles. The van der Waals surface area contributed by atoms with Gasteiger partial charge >= 0.3 is 0 Å². The van der Waals surface area contributed by atoms with Gasteiger partial charge in [0.25, 0.3) is 0 Å². The molecule has 0 aliphatic heterocycles. The Hall–Kier alpha value is 0.350. The number of hydrogen-bond donors (Lipinski definition) is 0. The van der Waals surface area contributed by atoms with Crippen molar-refractivity contribution in [2.24, 2.45) is 0 Å². The topological polar surface area (TPSA) is 18.5 Å². The van der Waals surface area contributed by atoms with Gasteiger partial charge in [0.05, 0.1) is 6.61 Å². The Morgan fingerprint density at radius 1 is 1.57 bits per heavy atom. The minimum Gasteiger partial charge on any atom is -0.338 e. The molecular weight excluding hydrogens is 111 g/mol. The van der Waals surface area contributed by atoms with Crippen molar-refractivity contribution in [1.29, 1.82) is 0 Å². The molecule has 0 saturated heterocycles. The molecule has 3 heteroatoms. The van der Waals surface area contributed by atoms with Gasteiger partial charge in [-0.25, -0.2) is 0 Å². The van der Waals surface area contributed by atoms with Gasteiger partial charge in [-0.15, -0.1) is 0 Å². The Labute approximate surface area is 45.7 Å². The van der Waals surface area contributed by atoms with E-state index >= 15 is 0 Å². The fourth-order valence-corrected chi connectivity index (χ4v) is 0.704. The van der Waals surface area contributed by atoms with Gasteiger partial charge in [-0.3, -0.25) is 0 Å². The van der Waals surface area contributed by atoms with E-state index in [0.29, 0.717) is 0 Å². The molecule has 7 heavy (non-hydrogen) atoms. The molecule has 0 N–H and O–H groups in total. The quantitative estimate of drug-likeness (QED) is 0.529. The van der Waals surface area contributed by atoms with Crippen molar-refractivity contribution in [1.82, 2.24) is 0 Å². The van der Waals surface area contributed by atoms with Crippen molar-refractivity contribution >= 4 is 8.38 Å². The first-order chi connectivity index (χ1) is 3.31. The van der Waals surface area contributed by atoms with Crippen LogP contribution in [0.15, 0.2) is 0 Å². The van der Waals surface area contributed by atoms with Gasteiger partial charge in [-0.05, 0) is 6.92 Å². The first kappa shape index (κ1) is 7.35. The van der Waals surface area contributed by atoms with Crippen LogP contribution in [-0.4, -0.2) is 20.4 Å². The molecule has 0 fully saturated rings. The van der Waals surface area contributed by atoms with E-state index in [9.17, 15) is 0 Å². The Kier molecular flexibility index (Phi) is 4.73. The molecule has 0 aliphatic carbocycles. The molecule has 0 saturated carbocycles. The number of hydrogen-bond acceptors (Lipinski definition) is 2. The van der Waals surface area contributed by atoms with E-state index in [-0.39, 0.29) is 0 Å². The minimum atomic E-state index is -0.578. The van der Waals surface area contributed by atoms with Crippen molar-refractivity contribution < 1.29 is 9.05 Å². The molecule has 0 aliphatic rings. The first-order valence-electron chi connectivity index (χ1n) is 2.22. The molecule has 0 aromatic heterocycles. The molecule has 0 rings (SSSR count). The summed E-state index contributed by atoms with van der Waals surface area (Å²) in [5.74, 6) is 0. The van der Waals surface area contributed by atoms with Crippen molar-refractivity contribution in [2.45, 2.75) is 6.92 Å². The maximum absolute atomic E-state index is 5.03. The van der Waals surface area contributed by atoms with Crippen LogP contribution in [0.4, 0.5) is 0 Å². The summed E-state index contributed by atoms with van der Waals surface area (Å²) in [7, 11) is 1.08. The lowest BCUT2D eigenvalue weighted by Crippen LogP contribution is -1.82. The summed E-state index contributed by atoms with van der Waals surface area (Å²) in [5.41, 5.74) is 0. The summed E-state index contributed by atoms with van der Waals surface area (Å²) in [6.07, 6.45) is 0. The van der Waals surface area contributed by atoms with E-state index in [1.54, 1.807) is 7.11 Å². The summed E-state index contributed by atoms with van der Waals surface area (Å²) in [6.45, 7) is 4.63. The van der Waals surface area contributed by atoms with Crippen LogP contribution < -0.4 is 0 Å². The van der Waals surface area contributed by atoms with Crippen LogP contribution in [0.3, 0.4) is 0 Å². The van der Waals surface area contributed by atoms with Gasteiger partial charge in [0.2, 0.25) is 0 Å². The summed E-state index contributed by atoms with van der Waals surface area (Å²) in [6, 6.07) is 0.